The standard InChI is InChI=1S/C15H21N5O.2ClH/c1-10-5-6-19(13(7-10)8-16)15(21)12-3-4-14-18-17-11(2)20(14)9-12;;/h3-4,9-10,13H,5-8,16H2,1-2H3;2*1H. The second kappa shape index (κ2) is 7.95. The number of piperidine rings is 1. The number of likely N-dealkylation sites (tertiary alicyclic amines) is 1. The zero-order chi connectivity index (χ0) is 15.0. The highest BCUT2D eigenvalue weighted by molar-refractivity contribution is 5.94. The largest absolute Gasteiger partial charge is 0.334 e. The number of hydrogen-bond donors (Lipinski definition) is 1. The molecule has 0 aliphatic carbocycles. The summed E-state index contributed by atoms with van der Waals surface area (Å²) < 4.78 is 1.84. The van der Waals surface area contributed by atoms with E-state index in [9.17, 15) is 4.79 Å². The van der Waals surface area contributed by atoms with Gasteiger partial charge in [-0.05, 0) is 37.8 Å². The molecule has 128 valence electrons. The molecule has 3 rings (SSSR count). The van der Waals surface area contributed by atoms with Crippen molar-refractivity contribution in [3.05, 3.63) is 29.7 Å². The maximum absolute atomic E-state index is 12.8. The summed E-state index contributed by atoms with van der Waals surface area (Å²) in [5.41, 5.74) is 7.27. The number of carbonyl (C=O) groups is 1. The van der Waals surface area contributed by atoms with Crippen LogP contribution >= 0.6 is 24.8 Å². The Balaban J connectivity index is 0.00000132. The van der Waals surface area contributed by atoms with Crippen LogP contribution < -0.4 is 5.73 Å². The molecule has 1 aliphatic heterocycles. The van der Waals surface area contributed by atoms with Crippen molar-refractivity contribution in [2.75, 3.05) is 13.1 Å². The van der Waals surface area contributed by atoms with E-state index in [0.717, 1.165) is 30.9 Å². The van der Waals surface area contributed by atoms with Gasteiger partial charge < -0.3 is 10.6 Å². The average molecular weight is 360 g/mol. The smallest absolute Gasteiger partial charge is 0.255 e. The number of pyridine rings is 1. The highest BCUT2D eigenvalue weighted by atomic mass is 35.5. The van der Waals surface area contributed by atoms with E-state index in [1.807, 2.05) is 34.6 Å². The zero-order valence-electron chi connectivity index (χ0n) is 13.3. The average Bonchev–Trinajstić information content (AvgIpc) is 2.87. The Labute approximate surface area is 148 Å². The molecule has 1 amide bonds. The predicted molar refractivity (Wildman–Crippen MR) is 94.5 cm³/mol. The van der Waals surface area contributed by atoms with Crippen molar-refractivity contribution >= 4 is 36.4 Å². The van der Waals surface area contributed by atoms with Crippen molar-refractivity contribution in [3.63, 3.8) is 0 Å². The van der Waals surface area contributed by atoms with Gasteiger partial charge in [0.1, 0.15) is 5.82 Å². The van der Waals surface area contributed by atoms with Crippen LogP contribution in [0.2, 0.25) is 0 Å². The molecule has 6 nitrogen and oxygen atoms in total. The molecule has 8 heteroatoms. The fourth-order valence-corrected chi connectivity index (χ4v) is 3.04. The minimum atomic E-state index is 0. The van der Waals surface area contributed by atoms with Crippen molar-refractivity contribution in [1.82, 2.24) is 19.5 Å². The van der Waals surface area contributed by atoms with Crippen LogP contribution in [0.15, 0.2) is 18.3 Å². The van der Waals surface area contributed by atoms with Crippen molar-refractivity contribution in [2.45, 2.75) is 32.7 Å². The van der Waals surface area contributed by atoms with Gasteiger partial charge in [-0.25, -0.2) is 0 Å². The fourth-order valence-electron chi connectivity index (χ4n) is 3.04. The Bertz CT molecular complexity index is 675. The van der Waals surface area contributed by atoms with E-state index >= 15 is 0 Å². The quantitative estimate of drug-likeness (QED) is 0.890. The summed E-state index contributed by atoms with van der Waals surface area (Å²) in [7, 11) is 0. The van der Waals surface area contributed by atoms with Gasteiger partial charge in [0.05, 0.1) is 5.56 Å². The molecule has 2 aromatic heterocycles. The topological polar surface area (TPSA) is 76.5 Å². The number of nitrogens with zero attached hydrogens (tertiary/aromatic N) is 4. The molecule has 1 aliphatic rings. The SMILES string of the molecule is Cc1nnc2ccc(C(=O)N3CCC(C)CC3CN)cn12.Cl.Cl. The Morgan fingerprint density at radius 1 is 1.35 bits per heavy atom. The summed E-state index contributed by atoms with van der Waals surface area (Å²) in [5, 5.41) is 8.06. The van der Waals surface area contributed by atoms with Gasteiger partial charge in [0, 0.05) is 25.3 Å². The minimum absolute atomic E-state index is 0. The maximum Gasteiger partial charge on any atom is 0.255 e. The molecule has 3 heterocycles. The molecule has 2 aromatic rings. The van der Waals surface area contributed by atoms with E-state index in [0.29, 0.717) is 18.0 Å². The summed E-state index contributed by atoms with van der Waals surface area (Å²) in [6.45, 7) is 5.39. The second-order valence-electron chi connectivity index (χ2n) is 5.91. The molecule has 0 saturated carbocycles. The predicted octanol–water partition coefficient (Wildman–Crippen LogP) is 2.08. The van der Waals surface area contributed by atoms with Crippen LogP contribution in [0.4, 0.5) is 0 Å². The molecular weight excluding hydrogens is 337 g/mol. The van der Waals surface area contributed by atoms with Crippen LogP contribution in [0.25, 0.3) is 5.65 Å². The van der Waals surface area contributed by atoms with Crippen LogP contribution in [0, 0.1) is 12.8 Å². The molecule has 1 saturated heterocycles. The molecule has 2 atom stereocenters. The summed E-state index contributed by atoms with van der Waals surface area (Å²) in [6, 6.07) is 3.79. The van der Waals surface area contributed by atoms with Gasteiger partial charge in [0.2, 0.25) is 0 Å². The second-order valence-corrected chi connectivity index (χ2v) is 5.91. The number of carbonyl (C=O) groups excluding carboxylic acids is 1. The monoisotopic (exact) mass is 359 g/mol. The number of nitrogens with two attached hydrogens (primary N) is 1. The summed E-state index contributed by atoms with van der Waals surface area (Å²) in [4.78, 5) is 14.7. The van der Waals surface area contributed by atoms with E-state index in [-0.39, 0.29) is 36.8 Å². The Morgan fingerprint density at radius 2 is 2.09 bits per heavy atom. The highest BCUT2D eigenvalue weighted by Gasteiger charge is 2.29. The summed E-state index contributed by atoms with van der Waals surface area (Å²) in [6.07, 6.45) is 3.84. The van der Waals surface area contributed by atoms with Crippen molar-refractivity contribution in [3.8, 4) is 0 Å². The Kier molecular flexibility index (Phi) is 6.80. The third-order valence-electron chi connectivity index (χ3n) is 4.33. The third-order valence-corrected chi connectivity index (χ3v) is 4.33. The molecule has 23 heavy (non-hydrogen) atoms. The normalized spacial score (nSPS) is 20.7. The molecular formula is C15H23Cl2N5O. The van der Waals surface area contributed by atoms with Gasteiger partial charge >= 0.3 is 0 Å². The number of amides is 1. The van der Waals surface area contributed by atoms with Gasteiger partial charge in [-0.3, -0.25) is 9.20 Å². The first-order valence-corrected chi connectivity index (χ1v) is 7.42. The van der Waals surface area contributed by atoms with Crippen LogP contribution in [-0.2, 0) is 0 Å². The number of hydrogen-bond acceptors (Lipinski definition) is 4. The number of aromatic nitrogens is 3. The van der Waals surface area contributed by atoms with Gasteiger partial charge in [-0.1, -0.05) is 6.92 Å². The van der Waals surface area contributed by atoms with E-state index in [2.05, 4.69) is 17.1 Å². The summed E-state index contributed by atoms with van der Waals surface area (Å²) in [5.74, 6) is 1.46. The van der Waals surface area contributed by atoms with E-state index in [1.165, 1.54) is 0 Å². The number of halogens is 2. The molecule has 0 spiro atoms. The van der Waals surface area contributed by atoms with Gasteiger partial charge in [0.15, 0.2) is 5.65 Å². The minimum Gasteiger partial charge on any atom is -0.334 e. The molecule has 2 unspecified atom stereocenters. The van der Waals surface area contributed by atoms with Crippen LogP contribution in [-0.4, -0.2) is 44.5 Å². The molecule has 0 radical (unpaired) electrons. The van der Waals surface area contributed by atoms with Gasteiger partial charge in [-0.2, -0.15) is 0 Å². The van der Waals surface area contributed by atoms with Crippen LogP contribution in [0.1, 0.15) is 35.9 Å². The van der Waals surface area contributed by atoms with Crippen LogP contribution in [0.5, 0.6) is 0 Å². The first-order valence-electron chi connectivity index (χ1n) is 7.42. The van der Waals surface area contributed by atoms with Gasteiger partial charge in [-0.15, -0.1) is 35.0 Å². The molecule has 1 fully saturated rings. The maximum atomic E-state index is 12.8. The van der Waals surface area contributed by atoms with E-state index < -0.39 is 0 Å². The number of rotatable bonds is 2. The van der Waals surface area contributed by atoms with Crippen molar-refractivity contribution < 1.29 is 4.79 Å². The zero-order valence-corrected chi connectivity index (χ0v) is 14.9. The lowest BCUT2D eigenvalue weighted by Crippen LogP contribution is -2.49. The van der Waals surface area contributed by atoms with E-state index in [1.54, 1.807) is 0 Å². The van der Waals surface area contributed by atoms with Crippen molar-refractivity contribution in [2.24, 2.45) is 11.7 Å². The fraction of sp³-hybridized carbons (Fsp3) is 0.533. The lowest BCUT2D eigenvalue weighted by atomic mass is 9.92. The lowest BCUT2D eigenvalue weighted by molar-refractivity contribution is 0.0573. The van der Waals surface area contributed by atoms with Gasteiger partial charge in [0.25, 0.3) is 5.91 Å². The lowest BCUT2D eigenvalue weighted by Gasteiger charge is -2.38. The van der Waals surface area contributed by atoms with E-state index in [4.69, 9.17) is 5.73 Å². The summed E-state index contributed by atoms with van der Waals surface area (Å²) >= 11 is 0. The molecule has 0 bridgehead atoms. The molecule has 2 N–H and O–H groups in total. The highest BCUT2D eigenvalue weighted by Crippen LogP contribution is 2.23. The molecule has 0 aromatic carbocycles. The van der Waals surface area contributed by atoms with Crippen LogP contribution in [0.3, 0.4) is 0 Å². The first-order chi connectivity index (χ1) is 10.1. The third kappa shape index (κ3) is 3.76. The van der Waals surface area contributed by atoms with Crippen molar-refractivity contribution in [1.29, 1.82) is 0 Å². The number of aryl methyl sites for hydroxylation is 1. The Morgan fingerprint density at radius 3 is 2.78 bits per heavy atom. The Hall–Kier alpha value is -1.37. The number of fused-ring (bicyclic) bond motifs is 1. The first kappa shape index (κ1) is 19.7.